The Morgan fingerprint density at radius 2 is 1.67 bits per heavy atom. The van der Waals surface area contributed by atoms with E-state index in [1.807, 2.05) is 31.2 Å². The molecule has 0 fully saturated rings. The van der Waals surface area contributed by atoms with Crippen LogP contribution in [0.2, 0.25) is 0 Å². The summed E-state index contributed by atoms with van der Waals surface area (Å²) in [6.07, 6.45) is 0.392. The zero-order chi connectivity index (χ0) is 15.2. The fourth-order valence-electron chi connectivity index (χ4n) is 2.12. The van der Waals surface area contributed by atoms with E-state index in [1.165, 1.54) is 12.1 Å². The van der Waals surface area contributed by atoms with Crippen molar-refractivity contribution in [3.63, 3.8) is 0 Å². The van der Waals surface area contributed by atoms with E-state index < -0.39 is 0 Å². The zero-order valence-electron chi connectivity index (χ0n) is 12.3. The van der Waals surface area contributed by atoms with Crippen molar-refractivity contribution in [2.45, 2.75) is 25.5 Å². The van der Waals surface area contributed by atoms with Crippen LogP contribution in [-0.4, -0.2) is 13.2 Å². The van der Waals surface area contributed by atoms with Crippen molar-refractivity contribution in [2.24, 2.45) is 5.73 Å². The van der Waals surface area contributed by atoms with Crippen LogP contribution in [0.5, 0.6) is 11.5 Å². The molecule has 0 heterocycles. The predicted octanol–water partition coefficient (Wildman–Crippen LogP) is 3.69. The molecular formula is C17H20FNO2. The van der Waals surface area contributed by atoms with Gasteiger partial charge >= 0.3 is 0 Å². The average Bonchev–Trinajstić information content (AvgIpc) is 2.53. The summed E-state index contributed by atoms with van der Waals surface area (Å²) in [6.45, 7) is 1.99. The van der Waals surface area contributed by atoms with Crippen LogP contribution in [0.1, 0.15) is 25.0 Å². The van der Waals surface area contributed by atoms with E-state index in [4.69, 9.17) is 15.2 Å². The molecule has 0 saturated carbocycles. The van der Waals surface area contributed by atoms with Gasteiger partial charge in [-0.1, -0.05) is 31.2 Å². The summed E-state index contributed by atoms with van der Waals surface area (Å²) in [4.78, 5) is 0. The van der Waals surface area contributed by atoms with Crippen LogP contribution in [0, 0.1) is 5.82 Å². The molecule has 0 amide bonds. The van der Waals surface area contributed by atoms with Gasteiger partial charge in [0.25, 0.3) is 0 Å². The summed E-state index contributed by atoms with van der Waals surface area (Å²) >= 11 is 0. The quantitative estimate of drug-likeness (QED) is 0.882. The van der Waals surface area contributed by atoms with Crippen LogP contribution in [0.25, 0.3) is 0 Å². The molecule has 3 nitrogen and oxygen atoms in total. The van der Waals surface area contributed by atoms with Crippen molar-refractivity contribution in [2.75, 3.05) is 7.11 Å². The third kappa shape index (κ3) is 3.73. The largest absolute Gasteiger partial charge is 0.493 e. The molecule has 0 aromatic heterocycles. The van der Waals surface area contributed by atoms with Gasteiger partial charge in [-0.2, -0.15) is 0 Å². The highest BCUT2D eigenvalue weighted by atomic mass is 19.1. The monoisotopic (exact) mass is 289 g/mol. The molecule has 0 bridgehead atoms. The minimum atomic E-state index is -0.355. The molecule has 2 N–H and O–H groups in total. The number of rotatable bonds is 6. The van der Waals surface area contributed by atoms with Gasteiger partial charge in [0.05, 0.1) is 7.11 Å². The van der Waals surface area contributed by atoms with E-state index in [1.54, 1.807) is 19.2 Å². The molecule has 2 rings (SSSR count). The molecule has 0 radical (unpaired) electrons. The maximum absolute atomic E-state index is 13.1. The van der Waals surface area contributed by atoms with Crippen LogP contribution in [0.15, 0.2) is 48.5 Å². The van der Waals surface area contributed by atoms with Crippen molar-refractivity contribution in [3.05, 3.63) is 59.9 Å². The normalized spacial score (nSPS) is 13.5. The van der Waals surface area contributed by atoms with Gasteiger partial charge in [0.1, 0.15) is 11.9 Å². The molecule has 112 valence electrons. The number of methoxy groups -OCH3 is 1. The molecule has 0 spiro atoms. The van der Waals surface area contributed by atoms with Gasteiger partial charge in [0.2, 0.25) is 0 Å². The Morgan fingerprint density at radius 1 is 1.05 bits per heavy atom. The Morgan fingerprint density at radius 3 is 2.24 bits per heavy atom. The Bertz CT molecular complexity index is 571. The Balaban J connectivity index is 2.30. The van der Waals surface area contributed by atoms with E-state index in [0.717, 1.165) is 12.0 Å². The number of hydrogen-bond donors (Lipinski definition) is 1. The summed E-state index contributed by atoms with van der Waals surface area (Å²) in [5.74, 6) is 0.992. The van der Waals surface area contributed by atoms with E-state index in [0.29, 0.717) is 11.5 Å². The first-order chi connectivity index (χ1) is 10.2. The minimum Gasteiger partial charge on any atom is -0.493 e. The van der Waals surface area contributed by atoms with Gasteiger partial charge in [-0.05, 0) is 36.2 Å². The smallest absolute Gasteiger partial charge is 0.162 e. The topological polar surface area (TPSA) is 44.5 Å². The molecule has 0 aliphatic heterocycles. The first kappa shape index (κ1) is 15.3. The van der Waals surface area contributed by atoms with Gasteiger partial charge in [-0.25, -0.2) is 4.39 Å². The van der Waals surface area contributed by atoms with Crippen LogP contribution < -0.4 is 15.2 Å². The third-order valence-electron chi connectivity index (χ3n) is 3.38. The lowest BCUT2D eigenvalue weighted by Crippen LogP contribution is -2.31. The molecule has 4 heteroatoms. The second-order valence-corrected chi connectivity index (χ2v) is 4.81. The van der Waals surface area contributed by atoms with Crippen LogP contribution in [0.3, 0.4) is 0 Å². The summed E-state index contributed by atoms with van der Waals surface area (Å²) in [7, 11) is 1.59. The lowest BCUT2D eigenvalue weighted by molar-refractivity contribution is 0.164. The first-order valence-corrected chi connectivity index (χ1v) is 6.96. The van der Waals surface area contributed by atoms with Crippen LogP contribution >= 0.6 is 0 Å². The number of ether oxygens (including phenoxy) is 2. The van der Waals surface area contributed by atoms with E-state index >= 15 is 0 Å². The summed E-state index contributed by atoms with van der Waals surface area (Å²) in [6, 6.07) is 13.4. The Kier molecular flexibility index (Phi) is 5.17. The lowest BCUT2D eigenvalue weighted by Gasteiger charge is -2.25. The fraction of sp³-hybridized carbons (Fsp3) is 0.294. The molecule has 2 aromatic rings. The van der Waals surface area contributed by atoms with Gasteiger partial charge in [0.15, 0.2) is 11.5 Å². The van der Waals surface area contributed by atoms with Gasteiger partial charge in [-0.3, -0.25) is 0 Å². The summed E-state index contributed by atoms with van der Waals surface area (Å²) in [5, 5.41) is 0. The maximum Gasteiger partial charge on any atom is 0.162 e. The predicted molar refractivity (Wildman–Crippen MR) is 81.0 cm³/mol. The third-order valence-corrected chi connectivity index (χ3v) is 3.38. The molecule has 2 atom stereocenters. The highest BCUT2D eigenvalue weighted by Gasteiger charge is 2.22. The fourth-order valence-corrected chi connectivity index (χ4v) is 2.12. The zero-order valence-corrected chi connectivity index (χ0v) is 12.3. The number of hydrogen-bond acceptors (Lipinski definition) is 3. The minimum absolute atomic E-state index is 0.194. The van der Waals surface area contributed by atoms with Crippen molar-refractivity contribution >= 4 is 0 Å². The standard InChI is InChI=1S/C17H20FNO2/c1-3-14(19)17(12-8-10-13(18)11-9-12)21-16-7-5-4-6-15(16)20-2/h4-11,14,17H,3,19H2,1-2H3. The highest BCUT2D eigenvalue weighted by Crippen LogP contribution is 2.32. The van der Waals surface area contributed by atoms with Crippen molar-refractivity contribution in [3.8, 4) is 11.5 Å². The van der Waals surface area contributed by atoms with Crippen molar-refractivity contribution in [1.29, 1.82) is 0 Å². The maximum atomic E-state index is 13.1. The second-order valence-electron chi connectivity index (χ2n) is 4.81. The van der Waals surface area contributed by atoms with Crippen molar-refractivity contribution in [1.82, 2.24) is 0 Å². The number of nitrogens with two attached hydrogens (primary N) is 1. The Labute approximate surface area is 124 Å². The summed E-state index contributed by atoms with van der Waals surface area (Å²) in [5.41, 5.74) is 7.01. The average molecular weight is 289 g/mol. The van der Waals surface area contributed by atoms with Gasteiger partial charge < -0.3 is 15.2 Å². The molecule has 21 heavy (non-hydrogen) atoms. The molecule has 0 aliphatic carbocycles. The van der Waals surface area contributed by atoms with Gasteiger partial charge in [-0.15, -0.1) is 0 Å². The lowest BCUT2D eigenvalue weighted by atomic mass is 10.0. The Hall–Kier alpha value is -2.07. The SMILES string of the molecule is CCC(N)C(Oc1ccccc1OC)c1ccc(F)cc1. The number of para-hydroxylation sites is 2. The number of halogens is 1. The van der Waals surface area contributed by atoms with Crippen LogP contribution in [-0.2, 0) is 0 Å². The highest BCUT2D eigenvalue weighted by molar-refractivity contribution is 5.40. The number of benzene rings is 2. The van der Waals surface area contributed by atoms with E-state index in [9.17, 15) is 4.39 Å². The van der Waals surface area contributed by atoms with E-state index in [-0.39, 0.29) is 18.0 Å². The van der Waals surface area contributed by atoms with Gasteiger partial charge in [0, 0.05) is 6.04 Å². The second kappa shape index (κ2) is 7.09. The van der Waals surface area contributed by atoms with Crippen LogP contribution in [0.4, 0.5) is 4.39 Å². The molecule has 0 aliphatic rings. The molecular weight excluding hydrogens is 269 g/mol. The first-order valence-electron chi connectivity index (χ1n) is 6.96. The molecule has 2 aromatic carbocycles. The van der Waals surface area contributed by atoms with E-state index in [2.05, 4.69) is 0 Å². The summed E-state index contributed by atoms with van der Waals surface area (Å²) < 4.78 is 24.4. The van der Waals surface area contributed by atoms with Crippen molar-refractivity contribution < 1.29 is 13.9 Å². The molecule has 2 unspecified atom stereocenters. The molecule has 0 saturated heterocycles.